The van der Waals surface area contributed by atoms with Crippen molar-refractivity contribution >= 4 is 6.34 Å². The smallest absolute Gasteiger partial charge is 0.117 e. The molecule has 1 aliphatic heterocycles. The zero-order valence-electron chi connectivity index (χ0n) is 10.3. The summed E-state index contributed by atoms with van der Waals surface area (Å²) in [6, 6.07) is 0. The standard InChI is InChI=1S/C11H23N3/c1-10(2,3)7-9-13-12-8-14(9)11(4,5)6/h8-9,13H,7H2,1-6H3. The minimum absolute atomic E-state index is 0.142. The lowest BCUT2D eigenvalue weighted by molar-refractivity contribution is 0.136. The van der Waals surface area contributed by atoms with Crippen molar-refractivity contribution in [2.45, 2.75) is 59.7 Å². The fourth-order valence-corrected chi connectivity index (χ4v) is 1.69. The van der Waals surface area contributed by atoms with E-state index in [0.717, 1.165) is 6.42 Å². The predicted molar refractivity (Wildman–Crippen MR) is 61.1 cm³/mol. The molecule has 0 radical (unpaired) electrons. The Balaban J connectivity index is 2.64. The van der Waals surface area contributed by atoms with E-state index in [1.807, 2.05) is 6.34 Å². The maximum atomic E-state index is 4.15. The average Bonchev–Trinajstić information content (AvgIpc) is 2.29. The van der Waals surface area contributed by atoms with Crippen molar-refractivity contribution in [1.82, 2.24) is 10.3 Å². The van der Waals surface area contributed by atoms with Crippen molar-refractivity contribution in [2.75, 3.05) is 0 Å². The van der Waals surface area contributed by atoms with Gasteiger partial charge in [-0.05, 0) is 32.6 Å². The number of hydrazone groups is 1. The van der Waals surface area contributed by atoms with Crippen LogP contribution in [0.25, 0.3) is 0 Å². The van der Waals surface area contributed by atoms with Crippen LogP contribution in [-0.2, 0) is 0 Å². The first-order valence-corrected chi connectivity index (χ1v) is 5.27. The minimum Gasteiger partial charge on any atom is -0.335 e. The number of hydrogen-bond acceptors (Lipinski definition) is 3. The van der Waals surface area contributed by atoms with Crippen LogP contribution >= 0.6 is 0 Å². The topological polar surface area (TPSA) is 27.6 Å². The van der Waals surface area contributed by atoms with Gasteiger partial charge in [0.25, 0.3) is 0 Å². The summed E-state index contributed by atoms with van der Waals surface area (Å²) in [4.78, 5) is 2.29. The fourth-order valence-electron chi connectivity index (χ4n) is 1.69. The Hall–Kier alpha value is -0.730. The number of nitrogens with zero attached hydrogens (tertiary/aromatic N) is 2. The highest BCUT2D eigenvalue weighted by Gasteiger charge is 2.32. The molecule has 3 nitrogen and oxygen atoms in total. The molecule has 1 aliphatic rings. The molecule has 3 heteroatoms. The third-order valence-electron chi connectivity index (χ3n) is 2.32. The van der Waals surface area contributed by atoms with Gasteiger partial charge in [-0.15, -0.1) is 0 Å². The molecule has 0 aromatic rings. The number of hydrogen-bond donors (Lipinski definition) is 1. The lowest BCUT2D eigenvalue weighted by atomic mass is 9.89. The quantitative estimate of drug-likeness (QED) is 0.699. The van der Waals surface area contributed by atoms with Crippen molar-refractivity contribution in [2.24, 2.45) is 10.5 Å². The maximum Gasteiger partial charge on any atom is 0.117 e. The van der Waals surface area contributed by atoms with E-state index in [-0.39, 0.29) is 5.54 Å². The number of nitrogens with one attached hydrogen (secondary N) is 1. The summed E-state index contributed by atoms with van der Waals surface area (Å²) < 4.78 is 0. The van der Waals surface area contributed by atoms with Gasteiger partial charge in [-0.3, -0.25) is 5.43 Å². The second kappa shape index (κ2) is 3.44. The zero-order valence-corrected chi connectivity index (χ0v) is 10.3. The largest absolute Gasteiger partial charge is 0.335 e. The molecule has 1 atom stereocenters. The van der Waals surface area contributed by atoms with Crippen LogP contribution in [0.1, 0.15) is 48.0 Å². The molecule has 82 valence electrons. The molecule has 14 heavy (non-hydrogen) atoms. The van der Waals surface area contributed by atoms with Crippen LogP contribution in [0.5, 0.6) is 0 Å². The van der Waals surface area contributed by atoms with Crippen molar-refractivity contribution in [3.8, 4) is 0 Å². The van der Waals surface area contributed by atoms with Crippen LogP contribution in [0.3, 0.4) is 0 Å². The highest BCUT2D eigenvalue weighted by Crippen LogP contribution is 2.27. The Morgan fingerprint density at radius 1 is 1.21 bits per heavy atom. The van der Waals surface area contributed by atoms with Crippen molar-refractivity contribution in [3.63, 3.8) is 0 Å². The summed E-state index contributed by atoms with van der Waals surface area (Å²) in [6.45, 7) is 13.4. The molecule has 0 aliphatic carbocycles. The molecule has 0 aromatic carbocycles. The predicted octanol–water partition coefficient (Wildman–Crippen LogP) is 2.40. The summed E-state index contributed by atoms with van der Waals surface area (Å²) in [5.74, 6) is 0. The maximum absolute atomic E-state index is 4.15. The first-order chi connectivity index (χ1) is 6.20. The summed E-state index contributed by atoms with van der Waals surface area (Å²) >= 11 is 0. The normalized spacial score (nSPS) is 22.7. The molecule has 1 N–H and O–H groups in total. The van der Waals surface area contributed by atoms with Gasteiger partial charge in [0.15, 0.2) is 0 Å². The van der Waals surface area contributed by atoms with Crippen molar-refractivity contribution in [1.29, 1.82) is 0 Å². The molecule has 0 spiro atoms. The first-order valence-electron chi connectivity index (χ1n) is 5.27. The lowest BCUT2D eigenvalue weighted by Crippen LogP contribution is -2.49. The summed E-state index contributed by atoms with van der Waals surface area (Å²) in [5.41, 5.74) is 3.64. The molecule has 0 fully saturated rings. The van der Waals surface area contributed by atoms with Crippen LogP contribution in [-0.4, -0.2) is 22.9 Å². The van der Waals surface area contributed by atoms with Crippen LogP contribution in [0.15, 0.2) is 5.10 Å². The van der Waals surface area contributed by atoms with Gasteiger partial charge >= 0.3 is 0 Å². The van der Waals surface area contributed by atoms with E-state index in [1.165, 1.54) is 0 Å². The Morgan fingerprint density at radius 3 is 2.21 bits per heavy atom. The molecule has 1 heterocycles. The molecule has 0 saturated heterocycles. The average molecular weight is 197 g/mol. The SMILES string of the molecule is CC(C)(C)CC1NN=CN1C(C)(C)C. The Morgan fingerprint density at radius 2 is 1.79 bits per heavy atom. The number of rotatable bonds is 1. The van der Waals surface area contributed by atoms with Gasteiger partial charge < -0.3 is 4.90 Å². The third kappa shape index (κ3) is 2.89. The van der Waals surface area contributed by atoms with Crippen molar-refractivity contribution in [3.05, 3.63) is 0 Å². The fraction of sp³-hybridized carbons (Fsp3) is 0.909. The van der Waals surface area contributed by atoms with Crippen LogP contribution in [0.4, 0.5) is 0 Å². The Bertz CT molecular complexity index is 220. The van der Waals surface area contributed by atoms with Crippen molar-refractivity contribution < 1.29 is 0 Å². The Kier molecular flexibility index (Phi) is 2.79. The van der Waals surface area contributed by atoms with Crippen LogP contribution in [0.2, 0.25) is 0 Å². The van der Waals surface area contributed by atoms with E-state index in [9.17, 15) is 0 Å². The summed E-state index contributed by atoms with van der Waals surface area (Å²) in [7, 11) is 0. The van der Waals surface area contributed by atoms with Gasteiger partial charge in [0.05, 0.1) is 0 Å². The molecular formula is C11H23N3. The van der Waals surface area contributed by atoms with Crippen LogP contribution < -0.4 is 5.43 Å². The molecule has 0 aromatic heterocycles. The second-order valence-electron chi connectivity index (χ2n) is 6.23. The molecule has 0 amide bonds. The van der Waals surface area contributed by atoms with Gasteiger partial charge in [0.1, 0.15) is 12.5 Å². The Labute approximate surface area is 87.6 Å². The molecular weight excluding hydrogens is 174 g/mol. The summed E-state index contributed by atoms with van der Waals surface area (Å²) in [5, 5.41) is 4.15. The molecule has 1 unspecified atom stereocenters. The van der Waals surface area contributed by atoms with Gasteiger partial charge in [0.2, 0.25) is 0 Å². The zero-order chi connectivity index (χ0) is 11.0. The lowest BCUT2D eigenvalue weighted by Gasteiger charge is -2.38. The van der Waals surface area contributed by atoms with E-state index in [1.54, 1.807) is 0 Å². The highest BCUT2D eigenvalue weighted by molar-refractivity contribution is 5.58. The minimum atomic E-state index is 0.142. The van der Waals surface area contributed by atoms with E-state index in [2.05, 4.69) is 57.0 Å². The monoisotopic (exact) mass is 197 g/mol. The van der Waals surface area contributed by atoms with Gasteiger partial charge in [0, 0.05) is 5.54 Å². The molecule has 0 saturated carbocycles. The first kappa shape index (κ1) is 11.3. The van der Waals surface area contributed by atoms with Gasteiger partial charge in [-0.1, -0.05) is 20.8 Å². The van der Waals surface area contributed by atoms with Gasteiger partial charge in [-0.2, -0.15) is 5.10 Å². The van der Waals surface area contributed by atoms with E-state index < -0.39 is 0 Å². The second-order valence-corrected chi connectivity index (χ2v) is 6.23. The van der Waals surface area contributed by atoms with Gasteiger partial charge in [-0.25, -0.2) is 0 Å². The van der Waals surface area contributed by atoms with E-state index in [4.69, 9.17) is 0 Å². The highest BCUT2D eigenvalue weighted by atomic mass is 15.5. The van der Waals surface area contributed by atoms with Crippen LogP contribution in [0, 0.1) is 5.41 Å². The molecule has 0 bridgehead atoms. The third-order valence-corrected chi connectivity index (χ3v) is 2.32. The molecule has 1 rings (SSSR count). The summed E-state index contributed by atoms with van der Waals surface area (Å²) in [6.07, 6.45) is 3.36. The van der Waals surface area contributed by atoms with E-state index in [0.29, 0.717) is 11.6 Å². The van der Waals surface area contributed by atoms with E-state index >= 15 is 0 Å².